The molecule has 32 heavy (non-hydrogen) atoms. The maximum Gasteiger partial charge on any atom is 0.279 e. The predicted octanol–water partition coefficient (Wildman–Crippen LogP) is 5.53. The van der Waals surface area contributed by atoms with Crippen LogP contribution < -0.4 is 14.8 Å². The third kappa shape index (κ3) is 6.80. The van der Waals surface area contributed by atoms with Gasteiger partial charge in [0.15, 0.2) is 0 Å². The number of nitrogens with one attached hydrogen (secondary N) is 1. The molecule has 0 saturated heterocycles. The minimum absolute atomic E-state index is 0.0756. The van der Waals surface area contributed by atoms with E-state index in [-0.39, 0.29) is 18.4 Å². The Morgan fingerprint density at radius 3 is 2.94 bits per heavy atom. The molecule has 8 heteroatoms. The van der Waals surface area contributed by atoms with E-state index >= 15 is 0 Å². The molecule has 1 saturated carbocycles. The molecule has 1 amide bonds. The van der Waals surface area contributed by atoms with Crippen molar-refractivity contribution >= 4 is 34.9 Å². The van der Waals surface area contributed by atoms with Crippen molar-refractivity contribution in [3.8, 4) is 16.7 Å². The van der Waals surface area contributed by atoms with Crippen LogP contribution in [0.25, 0.3) is 6.08 Å². The van der Waals surface area contributed by atoms with Crippen molar-refractivity contribution in [1.82, 2.24) is 15.3 Å². The first kappa shape index (κ1) is 22.3. The van der Waals surface area contributed by atoms with Crippen molar-refractivity contribution in [2.45, 2.75) is 32.2 Å². The number of nitrogens with zero attached hydrogens (tertiary/aromatic N) is 2. The highest BCUT2D eigenvalue weighted by molar-refractivity contribution is 7.14. The lowest BCUT2D eigenvalue weighted by molar-refractivity contribution is -0.120. The Hall–Kier alpha value is -2.90. The molecule has 3 aromatic rings. The van der Waals surface area contributed by atoms with E-state index in [4.69, 9.17) is 21.1 Å². The zero-order chi connectivity index (χ0) is 22.3. The topological polar surface area (TPSA) is 73.3 Å². The molecular weight excluding hydrogens is 446 g/mol. The Balaban J connectivity index is 1.27. The van der Waals surface area contributed by atoms with Crippen LogP contribution in [0.15, 0.2) is 54.9 Å². The molecule has 1 atom stereocenters. The van der Waals surface area contributed by atoms with E-state index in [2.05, 4.69) is 15.3 Å². The number of rotatable bonds is 10. The van der Waals surface area contributed by atoms with Crippen LogP contribution in [0.2, 0.25) is 5.02 Å². The van der Waals surface area contributed by atoms with Crippen molar-refractivity contribution in [3.05, 3.63) is 70.5 Å². The summed E-state index contributed by atoms with van der Waals surface area (Å²) in [5.41, 5.74) is 0.742. The van der Waals surface area contributed by atoms with Crippen molar-refractivity contribution in [2.24, 2.45) is 5.92 Å². The van der Waals surface area contributed by atoms with Crippen LogP contribution in [0.3, 0.4) is 0 Å². The molecule has 2 heterocycles. The summed E-state index contributed by atoms with van der Waals surface area (Å²) in [4.78, 5) is 21.5. The summed E-state index contributed by atoms with van der Waals surface area (Å²) < 4.78 is 11.6. The van der Waals surface area contributed by atoms with Crippen molar-refractivity contribution in [1.29, 1.82) is 0 Å². The molecule has 1 aromatic carbocycles. The number of hydrogen-bond donors (Lipinski definition) is 1. The van der Waals surface area contributed by atoms with Crippen LogP contribution >= 0.6 is 22.9 Å². The molecule has 6 nitrogen and oxygen atoms in total. The first-order valence-electron chi connectivity index (χ1n) is 10.5. The highest BCUT2D eigenvalue weighted by Crippen LogP contribution is 2.35. The fourth-order valence-electron chi connectivity index (χ4n) is 2.90. The molecule has 1 fully saturated rings. The molecule has 0 radical (unpaired) electrons. The molecule has 2 aromatic heterocycles. The molecule has 4 rings (SSSR count). The zero-order valence-corrected chi connectivity index (χ0v) is 19.2. The zero-order valence-electron chi connectivity index (χ0n) is 17.7. The van der Waals surface area contributed by atoms with Gasteiger partial charge in [-0.05, 0) is 56.0 Å². The number of carbonyl (C=O) groups excluding carboxylic acids is 1. The van der Waals surface area contributed by atoms with Gasteiger partial charge >= 0.3 is 0 Å². The molecule has 1 aliphatic carbocycles. The van der Waals surface area contributed by atoms with E-state index in [1.807, 2.05) is 43.3 Å². The molecule has 166 valence electrons. The van der Waals surface area contributed by atoms with Crippen LogP contribution in [0.1, 0.15) is 30.3 Å². The number of pyridine rings is 1. The normalized spacial score (nSPS) is 14.3. The van der Waals surface area contributed by atoms with Crippen molar-refractivity contribution in [3.63, 3.8) is 0 Å². The standard InChI is InChI=1S/C24H24ClN3O3S/c1-16(28-23(29)12-18-4-2-3-11-26-18)5-9-20-14-27-24(32-20)31-22-10-8-19(13-21(22)25)30-15-17-6-7-17/h2-5,8-11,13-14,16-17H,6-7,12,15H2,1H3,(H,28,29)/t16-/m0/s1. The van der Waals surface area contributed by atoms with Gasteiger partial charge in [-0.2, -0.15) is 0 Å². The maximum atomic E-state index is 12.1. The third-order valence-electron chi connectivity index (χ3n) is 4.79. The van der Waals surface area contributed by atoms with Crippen molar-refractivity contribution < 1.29 is 14.3 Å². The van der Waals surface area contributed by atoms with E-state index in [1.165, 1.54) is 24.2 Å². The summed E-state index contributed by atoms with van der Waals surface area (Å²) in [6.45, 7) is 2.65. The Kier molecular flexibility index (Phi) is 7.39. The minimum atomic E-state index is -0.129. The second kappa shape index (κ2) is 10.6. The van der Waals surface area contributed by atoms with Crippen molar-refractivity contribution in [2.75, 3.05) is 6.61 Å². The molecule has 0 spiro atoms. The molecule has 1 aliphatic rings. The highest BCUT2D eigenvalue weighted by atomic mass is 35.5. The van der Waals surface area contributed by atoms with Crippen LogP contribution in [-0.2, 0) is 11.2 Å². The Bertz CT molecular complexity index is 1080. The summed E-state index contributed by atoms with van der Waals surface area (Å²) in [6.07, 6.45) is 9.96. The fourth-order valence-corrected chi connectivity index (χ4v) is 3.80. The number of carbonyl (C=O) groups is 1. The van der Waals surface area contributed by atoms with E-state index in [0.717, 1.165) is 22.9 Å². The second-order valence-corrected chi connectivity index (χ2v) is 9.12. The number of halogens is 1. The van der Waals surface area contributed by atoms with E-state index in [9.17, 15) is 4.79 Å². The second-order valence-electron chi connectivity index (χ2n) is 7.69. The van der Waals surface area contributed by atoms with Gasteiger partial charge in [0.1, 0.15) is 11.5 Å². The number of benzene rings is 1. The Labute approximate surface area is 196 Å². The van der Waals surface area contributed by atoms with Gasteiger partial charge in [-0.3, -0.25) is 9.78 Å². The molecule has 0 unspecified atom stereocenters. The summed E-state index contributed by atoms with van der Waals surface area (Å²) in [6, 6.07) is 10.8. The maximum absolute atomic E-state index is 12.1. The molecule has 1 N–H and O–H groups in total. The number of aromatic nitrogens is 2. The number of thiazole rings is 1. The van der Waals surface area contributed by atoms with Crippen LogP contribution in [0, 0.1) is 5.92 Å². The molecule has 0 aliphatic heterocycles. The lowest BCUT2D eigenvalue weighted by atomic mass is 10.2. The van der Waals surface area contributed by atoms with Crippen LogP contribution in [0.5, 0.6) is 16.7 Å². The molecular formula is C24H24ClN3O3S. The fraction of sp³-hybridized carbons (Fsp3) is 0.292. The number of amides is 1. The largest absolute Gasteiger partial charge is 0.493 e. The van der Waals surface area contributed by atoms with Gasteiger partial charge in [0.2, 0.25) is 5.91 Å². The van der Waals surface area contributed by atoms with E-state index < -0.39 is 0 Å². The smallest absolute Gasteiger partial charge is 0.279 e. The van der Waals surface area contributed by atoms with Gasteiger partial charge < -0.3 is 14.8 Å². The SMILES string of the molecule is C[C@@H](C=Cc1cnc(Oc2ccc(OCC3CC3)cc2Cl)s1)NC(=O)Cc1ccccn1. The van der Waals surface area contributed by atoms with Gasteiger partial charge in [-0.1, -0.05) is 35.1 Å². The quantitative estimate of drug-likeness (QED) is 0.422. The Morgan fingerprint density at radius 1 is 1.31 bits per heavy atom. The summed E-state index contributed by atoms with van der Waals surface area (Å²) in [5, 5.41) is 3.91. The van der Waals surface area contributed by atoms with E-state index in [1.54, 1.807) is 24.5 Å². The predicted molar refractivity (Wildman–Crippen MR) is 126 cm³/mol. The Morgan fingerprint density at radius 2 is 2.19 bits per heavy atom. The lowest BCUT2D eigenvalue weighted by Gasteiger charge is -2.09. The van der Waals surface area contributed by atoms with Gasteiger partial charge in [0.25, 0.3) is 5.19 Å². The van der Waals surface area contributed by atoms with Crippen LogP contribution in [-0.4, -0.2) is 28.5 Å². The minimum Gasteiger partial charge on any atom is -0.493 e. The van der Waals surface area contributed by atoms with Gasteiger partial charge in [-0.15, -0.1) is 0 Å². The summed E-state index contributed by atoms with van der Waals surface area (Å²) >= 11 is 7.73. The monoisotopic (exact) mass is 469 g/mol. The van der Waals surface area contributed by atoms with Gasteiger partial charge in [0, 0.05) is 30.2 Å². The van der Waals surface area contributed by atoms with Gasteiger partial charge in [0.05, 0.1) is 22.9 Å². The summed E-state index contributed by atoms with van der Waals surface area (Å²) in [5.74, 6) is 1.89. The van der Waals surface area contributed by atoms with E-state index in [0.29, 0.717) is 21.9 Å². The first-order chi connectivity index (χ1) is 15.5. The highest BCUT2D eigenvalue weighted by Gasteiger charge is 2.22. The number of ether oxygens (including phenoxy) is 2. The average Bonchev–Trinajstić information content (AvgIpc) is 3.50. The van der Waals surface area contributed by atoms with Crippen LogP contribution in [0.4, 0.5) is 0 Å². The first-order valence-corrected chi connectivity index (χ1v) is 11.7. The lowest BCUT2D eigenvalue weighted by Crippen LogP contribution is -2.32. The number of hydrogen-bond acceptors (Lipinski definition) is 6. The third-order valence-corrected chi connectivity index (χ3v) is 5.93. The average molecular weight is 470 g/mol. The summed E-state index contributed by atoms with van der Waals surface area (Å²) in [7, 11) is 0. The molecule has 0 bridgehead atoms. The van der Waals surface area contributed by atoms with Gasteiger partial charge in [-0.25, -0.2) is 4.98 Å².